The minimum absolute atomic E-state index is 0.0613. The van der Waals surface area contributed by atoms with Crippen molar-refractivity contribution < 1.29 is 17.9 Å². The lowest BCUT2D eigenvalue weighted by molar-refractivity contribution is 0.0576. The van der Waals surface area contributed by atoms with Crippen molar-refractivity contribution >= 4 is 15.9 Å². The van der Waals surface area contributed by atoms with E-state index in [-0.39, 0.29) is 28.5 Å². The third-order valence-electron chi connectivity index (χ3n) is 4.90. The van der Waals surface area contributed by atoms with Crippen molar-refractivity contribution in [2.24, 2.45) is 5.92 Å². The number of sulfonamides is 1. The van der Waals surface area contributed by atoms with Gasteiger partial charge in [0.2, 0.25) is 10.0 Å². The minimum atomic E-state index is -3.87. The van der Waals surface area contributed by atoms with E-state index in [9.17, 15) is 18.5 Å². The summed E-state index contributed by atoms with van der Waals surface area (Å²) in [6.07, 6.45) is 0. The average Bonchev–Trinajstić information content (AvgIpc) is 2.66. The van der Waals surface area contributed by atoms with Gasteiger partial charge in [0.05, 0.1) is 13.2 Å². The Kier molecular flexibility index (Phi) is 7.50. The molecule has 1 N–H and O–H groups in total. The number of benzene rings is 1. The fourth-order valence-electron chi connectivity index (χ4n) is 3.52. The molecular formula is C21H32N4O4S. The van der Waals surface area contributed by atoms with Crippen LogP contribution in [-0.4, -0.2) is 69.0 Å². The van der Waals surface area contributed by atoms with Crippen molar-refractivity contribution in [3.05, 3.63) is 23.8 Å². The molecule has 0 bridgehead atoms. The van der Waals surface area contributed by atoms with Crippen molar-refractivity contribution in [1.82, 2.24) is 14.5 Å². The van der Waals surface area contributed by atoms with Crippen molar-refractivity contribution in [2.75, 3.05) is 33.3 Å². The molecular weight excluding hydrogens is 404 g/mol. The molecule has 0 aliphatic carbocycles. The monoisotopic (exact) mass is 436 g/mol. The second-order valence-electron chi connectivity index (χ2n) is 8.87. The predicted molar refractivity (Wildman–Crippen MR) is 115 cm³/mol. The molecule has 30 heavy (non-hydrogen) atoms. The van der Waals surface area contributed by atoms with E-state index in [1.54, 1.807) is 31.7 Å². The maximum atomic E-state index is 13.0. The number of nitrogens with zero attached hydrogens (tertiary/aromatic N) is 3. The third-order valence-corrected chi connectivity index (χ3v) is 6.68. The fourth-order valence-corrected chi connectivity index (χ4v) is 5.13. The van der Waals surface area contributed by atoms with E-state index >= 15 is 0 Å². The van der Waals surface area contributed by atoms with Crippen molar-refractivity contribution in [3.63, 3.8) is 0 Å². The van der Waals surface area contributed by atoms with Crippen LogP contribution >= 0.6 is 0 Å². The van der Waals surface area contributed by atoms with Gasteiger partial charge < -0.3 is 9.64 Å². The molecule has 1 heterocycles. The number of nitrogens with one attached hydrogen (secondary N) is 1. The van der Waals surface area contributed by atoms with Crippen LogP contribution in [0, 0.1) is 17.2 Å². The second-order valence-corrected chi connectivity index (χ2v) is 10.5. The molecule has 1 saturated heterocycles. The van der Waals surface area contributed by atoms with Crippen molar-refractivity contribution in [3.8, 4) is 11.8 Å². The van der Waals surface area contributed by atoms with Crippen LogP contribution in [0.1, 0.15) is 45.0 Å². The Bertz CT molecular complexity index is 908. The molecule has 0 saturated carbocycles. The number of nitriles is 1. The third kappa shape index (κ3) is 5.72. The van der Waals surface area contributed by atoms with E-state index in [0.717, 1.165) is 0 Å². The molecule has 8 nitrogen and oxygen atoms in total. The molecule has 1 atom stereocenters. The summed E-state index contributed by atoms with van der Waals surface area (Å²) in [5.41, 5.74) is -0.382. The number of rotatable bonds is 6. The van der Waals surface area contributed by atoms with Crippen LogP contribution in [0.3, 0.4) is 0 Å². The minimum Gasteiger partial charge on any atom is -0.495 e. The Hall–Kier alpha value is -2.15. The Balaban J connectivity index is 2.23. The van der Waals surface area contributed by atoms with E-state index in [1.807, 2.05) is 13.8 Å². The normalized spacial score (nSPS) is 16.9. The lowest BCUT2D eigenvalue weighted by Gasteiger charge is -2.38. The summed E-state index contributed by atoms with van der Waals surface area (Å²) in [5, 5.41) is 9.39. The highest BCUT2D eigenvalue weighted by atomic mass is 32.2. The summed E-state index contributed by atoms with van der Waals surface area (Å²) in [4.78, 5) is 16.8. The first-order valence-electron chi connectivity index (χ1n) is 10.0. The van der Waals surface area contributed by atoms with Crippen LogP contribution in [0.4, 0.5) is 0 Å². The second kappa shape index (κ2) is 9.33. The van der Waals surface area contributed by atoms with E-state index in [1.165, 1.54) is 19.2 Å². The predicted octanol–water partition coefficient (Wildman–Crippen LogP) is 2.08. The number of carbonyl (C=O) groups excluding carboxylic acids is 1. The first kappa shape index (κ1) is 24.1. The Morgan fingerprint density at radius 1 is 1.20 bits per heavy atom. The average molecular weight is 437 g/mol. The summed E-state index contributed by atoms with van der Waals surface area (Å²) in [7, 11) is -2.48. The number of piperazine rings is 1. The molecule has 9 heteroatoms. The van der Waals surface area contributed by atoms with Gasteiger partial charge >= 0.3 is 0 Å². The van der Waals surface area contributed by atoms with Gasteiger partial charge in [-0.05, 0) is 44.9 Å². The van der Waals surface area contributed by atoms with Gasteiger partial charge in [-0.3, -0.25) is 9.69 Å². The molecule has 0 spiro atoms. The first-order chi connectivity index (χ1) is 13.9. The van der Waals surface area contributed by atoms with Gasteiger partial charge in [0.1, 0.15) is 16.7 Å². The van der Waals surface area contributed by atoms with E-state index in [4.69, 9.17) is 4.74 Å². The number of carbonyl (C=O) groups is 1. The van der Waals surface area contributed by atoms with Gasteiger partial charge in [0.15, 0.2) is 0 Å². The number of methoxy groups -OCH3 is 1. The maximum Gasteiger partial charge on any atom is 0.253 e. The number of amides is 1. The van der Waals surface area contributed by atoms with Gasteiger partial charge in [-0.2, -0.15) is 5.26 Å². The largest absolute Gasteiger partial charge is 0.495 e. The quantitative estimate of drug-likeness (QED) is 0.732. The maximum absolute atomic E-state index is 13.0. The van der Waals surface area contributed by atoms with Gasteiger partial charge in [-0.25, -0.2) is 13.1 Å². The summed E-state index contributed by atoms with van der Waals surface area (Å²) in [5.74, 6) is 0.159. The van der Waals surface area contributed by atoms with Crippen molar-refractivity contribution in [2.45, 2.75) is 51.1 Å². The van der Waals surface area contributed by atoms with Crippen LogP contribution in [-0.2, 0) is 10.0 Å². The molecule has 1 aromatic rings. The summed E-state index contributed by atoms with van der Waals surface area (Å²) in [6.45, 7) is 11.4. The van der Waals surface area contributed by atoms with E-state index in [0.29, 0.717) is 31.7 Å². The van der Waals surface area contributed by atoms with Gasteiger partial charge in [0, 0.05) is 37.3 Å². The Labute approximate surface area is 179 Å². The highest BCUT2D eigenvalue weighted by Gasteiger charge is 2.30. The zero-order valence-electron chi connectivity index (χ0n) is 18.6. The molecule has 166 valence electrons. The molecule has 1 aromatic carbocycles. The molecule has 0 aromatic heterocycles. The zero-order chi connectivity index (χ0) is 22.7. The summed E-state index contributed by atoms with van der Waals surface area (Å²) >= 11 is 0. The number of hydrogen-bond acceptors (Lipinski definition) is 6. The topological polar surface area (TPSA) is 103 Å². The standard InChI is InChI=1S/C21H32N4O4S/c1-15(2)17(14-22)24-9-11-25(12-10-24)20(26)16-7-8-18(29-6)19(13-16)30(27,28)23-21(3,4)5/h7-8,13,15,17,23H,9-12H2,1-6H3. The van der Waals surface area contributed by atoms with Crippen LogP contribution in [0.25, 0.3) is 0 Å². The lowest BCUT2D eigenvalue weighted by Crippen LogP contribution is -2.52. The van der Waals surface area contributed by atoms with E-state index < -0.39 is 15.6 Å². The molecule has 1 aliphatic rings. The van der Waals surface area contributed by atoms with Gasteiger partial charge in [-0.15, -0.1) is 0 Å². The van der Waals surface area contributed by atoms with Gasteiger partial charge in [-0.1, -0.05) is 13.8 Å². The van der Waals surface area contributed by atoms with Crippen molar-refractivity contribution in [1.29, 1.82) is 5.26 Å². The van der Waals surface area contributed by atoms with Crippen LogP contribution in [0.15, 0.2) is 23.1 Å². The molecule has 1 unspecified atom stereocenters. The molecule has 1 fully saturated rings. The number of hydrogen-bond donors (Lipinski definition) is 1. The highest BCUT2D eigenvalue weighted by Crippen LogP contribution is 2.27. The van der Waals surface area contributed by atoms with Crippen LogP contribution in [0.2, 0.25) is 0 Å². The Morgan fingerprint density at radius 3 is 2.27 bits per heavy atom. The van der Waals surface area contributed by atoms with Crippen LogP contribution in [0.5, 0.6) is 5.75 Å². The number of ether oxygens (including phenoxy) is 1. The molecule has 0 radical (unpaired) electrons. The van der Waals surface area contributed by atoms with E-state index in [2.05, 4.69) is 15.7 Å². The smallest absolute Gasteiger partial charge is 0.253 e. The highest BCUT2D eigenvalue weighted by molar-refractivity contribution is 7.89. The van der Waals surface area contributed by atoms with Gasteiger partial charge in [0.25, 0.3) is 5.91 Å². The summed E-state index contributed by atoms with van der Waals surface area (Å²) in [6, 6.07) is 6.61. The SMILES string of the molecule is COc1ccc(C(=O)N2CCN(C(C#N)C(C)C)CC2)cc1S(=O)(=O)NC(C)(C)C. The zero-order valence-corrected chi connectivity index (χ0v) is 19.4. The lowest BCUT2D eigenvalue weighted by atomic mass is 10.0. The van der Waals surface area contributed by atoms with Crippen LogP contribution < -0.4 is 9.46 Å². The fraction of sp³-hybridized carbons (Fsp3) is 0.619. The molecule has 2 rings (SSSR count). The Morgan fingerprint density at radius 2 is 1.80 bits per heavy atom. The molecule has 1 amide bonds. The molecule has 1 aliphatic heterocycles. The first-order valence-corrected chi connectivity index (χ1v) is 11.5. The summed E-state index contributed by atoms with van der Waals surface area (Å²) < 4.78 is 33.5.